The standard InChI is InChI=1S/C13H28N2O3S/c1-5-6-7-8-19(17,18)9-12(16)15(4)11-13(2,3)10-14/h5-11,14H2,1-4H3. The van der Waals surface area contributed by atoms with E-state index in [-0.39, 0.29) is 17.1 Å². The Labute approximate surface area is 117 Å². The van der Waals surface area contributed by atoms with Crippen molar-refractivity contribution in [2.75, 3.05) is 31.6 Å². The quantitative estimate of drug-likeness (QED) is 0.644. The third-order valence-corrected chi connectivity index (χ3v) is 4.64. The molecule has 0 spiro atoms. The monoisotopic (exact) mass is 292 g/mol. The molecule has 0 aromatic heterocycles. The molecule has 0 rings (SSSR count). The molecule has 0 heterocycles. The van der Waals surface area contributed by atoms with Crippen LogP contribution in [0.2, 0.25) is 0 Å². The predicted octanol–water partition coefficient (Wildman–Crippen LogP) is 1.03. The maximum absolute atomic E-state index is 11.9. The third-order valence-electron chi connectivity index (χ3n) is 3.05. The molecule has 0 saturated carbocycles. The summed E-state index contributed by atoms with van der Waals surface area (Å²) in [4.78, 5) is 13.4. The number of amides is 1. The van der Waals surface area contributed by atoms with Crippen molar-refractivity contribution in [2.24, 2.45) is 11.1 Å². The summed E-state index contributed by atoms with van der Waals surface area (Å²) in [6, 6.07) is 0. The summed E-state index contributed by atoms with van der Waals surface area (Å²) in [5.41, 5.74) is 5.41. The third kappa shape index (κ3) is 8.21. The number of nitrogens with two attached hydrogens (primary N) is 1. The van der Waals surface area contributed by atoms with Crippen molar-refractivity contribution in [2.45, 2.75) is 40.0 Å². The number of unbranched alkanes of at least 4 members (excludes halogenated alkanes) is 2. The molecule has 0 fully saturated rings. The number of hydrogen-bond donors (Lipinski definition) is 1. The zero-order valence-corrected chi connectivity index (χ0v) is 13.4. The lowest BCUT2D eigenvalue weighted by atomic mass is 9.93. The van der Waals surface area contributed by atoms with Crippen molar-refractivity contribution in [1.29, 1.82) is 0 Å². The molecule has 6 heteroatoms. The van der Waals surface area contributed by atoms with Gasteiger partial charge in [-0.25, -0.2) is 8.42 Å². The van der Waals surface area contributed by atoms with Gasteiger partial charge in [0.15, 0.2) is 9.84 Å². The number of nitrogens with zero attached hydrogens (tertiary/aromatic N) is 1. The van der Waals surface area contributed by atoms with Gasteiger partial charge in [0.05, 0.1) is 5.75 Å². The molecule has 0 aromatic carbocycles. The summed E-state index contributed by atoms with van der Waals surface area (Å²) in [7, 11) is -1.66. The molecule has 0 bridgehead atoms. The van der Waals surface area contributed by atoms with Crippen LogP contribution in [-0.2, 0) is 14.6 Å². The van der Waals surface area contributed by atoms with Crippen LogP contribution in [0.1, 0.15) is 40.0 Å². The van der Waals surface area contributed by atoms with E-state index in [0.717, 1.165) is 12.8 Å². The number of rotatable bonds is 9. The van der Waals surface area contributed by atoms with Crippen LogP contribution < -0.4 is 5.73 Å². The van der Waals surface area contributed by atoms with E-state index >= 15 is 0 Å². The number of carbonyl (C=O) groups excluding carboxylic acids is 1. The normalized spacial score (nSPS) is 12.5. The first-order valence-electron chi connectivity index (χ1n) is 6.78. The van der Waals surface area contributed by atoms with Crippen LogP contribution in [0.3, 0.4) is 0 Å². The molecule has 0 atom stereocenters. The number of sulfone groups is 1. The molecule has 0 saturated heterocycles. The molecule has 0 aliphatic rings. The Morgan fingerprint density at radius 1 is 1.26 bits per heavy atom. The molecule has 5 nitrogen and oxygen atoms in total. The number of hydrogen-bond acceptors (Lipinski definition) is 4. The minimum atomic E-state index is -3.28. The molecule has 0 unspecified atom stereocenters. The van der Waals surface area contributed by atoms with E-state index in [2.05, 4.69) is 0 Å². The van der Waals surface area contributed by atoms with Gasteiger partial charge in [0.1, 0.15) is 5.75 Å². The second-order valence-electron chi connectivity index (χ2n) is 5.92. The average Bonchev–Trinajstić information content (AvgIpc) is 2.28. The van der Waals surface area contributed by atoms with Gasteiger partial charge in [-0.2, -0.15) is 0 Å². The first-order chi connectivity index (χ1) is 8.63. The van der Waals surface area contributed by atoms with Crippen LogP contribution in [-0.4, -0.2) is 50.9 Å². The molecular formula is C13H28N2O3S. The minimum absolute atomic E-state index is 0.0979. The molecule has 0 radical (unpaired) electrons. The highest BCUT2D eigenvalue weighted by atomic mass is 32.2. The van der Waals surface area contributed by atoms with E-state index < -0.39 is 15.6 Å². The van der Waals surface area contributed by atoms with Gasteiger partial charge in [-0.3, -0.25) is 4.79 Å². The van der Waals surface area contributed by atoms with Crippen LogP contribution in [0.4, 0.5) is 0 Å². The lowest BCUT2D eigenvalue weighted by molar-refractivity contribution is -0.128. The molecule has 114 valence electrons. The minimum Gasteiger partial charge on any atom is -0.344 e. The first kappa shape index (κ1) is 18.4. The van der Waals surface area contributed by atoms with E-state index in [0.29, 0.717) is 19.5 Å². The van der Waals surface area contributed by atoms with Crippen molar-refractivity contribution in [3.8, 4) is 0 Å². The largest absolute Gasteiger partial charge is 0.344 e. The maximum atomic E-state index is 11.9. The second kappa shape index (κ2) is 7.85. The first-order valence-corrected chi connectivity index (χ1v) is 8.60. The van der Waals surface area contributed by atoms with Crippen molar-refractivity contribution in [1.82, 2.24) is 4.90 Å². The van der Waals surface area contributed by atoms with E-state index in [1.165, 1.54) is 4.90 Å². The number of carbonyl (C=O) groups is 1. The van der Waals surface area contributed by atoms with Crippen molar-refractivity contribution in [3.63, 3.8) is 0 Å². The molecule has 0 aliphatic carbocycles. The summed E-state index contributed by atoms with van der Waals surface area (Å²) in [5.74, 6) is -0.646. The van der Waals surface area contributed by atoms with Gasteiger partial charge in [-0.1, -0.05) is 33.6 Å². The smallest absolute Gasteiger partial charge is 0.237 e. The van der Waals surface area contributed by atoms with Gasteiger partial charge in [-0.05, 0) is 18.4 Å². The van der Waals surface area contributed by atoms with Crippen molar-refractivity contribution >= 4 is 15.7 Å². The van der Waals surface area contributed by atoms with E-state index in [1.807, 2.05) is 20.8 Å². The fourth-order valence-corrected chi connectivity index (χ4v) is 3.12. The Morgan fingerprint density at radius 3 is 2.32 bits per heavy atom. The lowest BCUT2D eigenvalue weighted by Crippen LogP contribution is -2.42. The Bertz CT molecular complexity index is 377. The second-order valence-corrected chi connectivity index (χ2v) is 8.10. The highest BCUT2D eigenvalue weighted by Gasteiger charge is 2.24. The summed E-state index contributed by atoms with van der Waals surface area (Å²) < 4.78 is 23.6. The van der Waals surface area contributed by atoms with Gasteiger partial charge >= 0.3 is 0 Å². The van der Waals surface area contributed by atoms with Gasteiger partial charge in [0.2, 0.25) is 5.91 Å². The van der Waals surface area contributed by atoms with Gasteiger partial charge < -0.3 is 10.6 Å². The van der Waals surface area contributed by atoms with Gasteiger partial charge in [0.25, 0.3) is 0 Å². The van der Waals surface area contributed by atoms with Gasteiger partial charge in [-0.15, -0.1) is 0 Å². The van der Waals surface area contributed by atoms with Crippen molar-refractivity contribution < 1.29 is 13.2 Å². The fraction of sp³-hybridized carbons (Fsp3) is 0.923. The Morgan fingerprint density at radius 2 is 1.84 bits per heavy atom. The van der Waals surface area contributed by atoms with Crippen LogP contribution in [0.25, 0.3) is 0 Å². The fourth-order valence-electron chi connectivity index (χ4n) is 1.74. The van der Waals surface area contributed by atoms with Crippen LogP contribution >= 0.6 is 0 Å². The lowest BCUT2D eigenvalue weighted by Gasteiger charge is -2.29. The highest BCUT2D eigenvalue weighted by molar-refractivity contribution is 7.92. The Hall–Kier alpha value is -0.620. The summed E-state index contributed by atoms with van der Waals surface area (Å²) in [5, 5.41) is 0. The average molecular weight is 292 g/mol. The summed E-state index contributed by atoms with van der Waals surface area (Å²) in [6.07, 6.45) is 2.47. The van der Waals surface area contributed by atoms with Gasteiger partial charge in [0, 0.05) is 13.6 Å². The molecule has 0 aliphatic heterocycles. The Balaban J connectivity index is 4.36. The molecule has 19 heavy (non-hydrogen) atoms. The highest BCUT2D eigenvalue weighted by Crippen LogP contribution is 2.14. The predicted molar refractivity (Wildman–Crippen MR) is 78.7 cm³/mol. The SMILES string of the molecule is CCCCCS(=O)(=O)CC(=O)N(C)CC(C)(C)CN. The van der Waals surface area contributed by atoms with E-state index in [9.17, 15) is 13.2 Å². The van der Waals surface area contributed by atoms with Crippen LogP contribution in [0, 0.1) is 5.41 Å². The van der Waals surface area contributed by atoms with Crippen LogP contribution in [0.5, 0.6) is 0 Å². The molecule has 2 N–H and O–H groups in total. The van der Waals surface area contributed by atoms with Crippen LogP contribution in [0.15, 0.2) is 0 Å². The molecular weight excluding hydrogens is 264 g/mol. The van der Waals surface area contributed by atoms with Crippen molar-refractivity contribution in [3.05, 3.63) is 0 Å². The van der Waals surface area contributed by atoms with E-state index in [4.69, 9.17) is 5.73 Å². The Kier molecular flexibility index (Phi) is 7.59. The molecule has 1 amide bonds. The topological polar surface area (TPSA) is 80.5 Å². The zero-order valence-electron chi connectivity index (χ0n) is 12.6. The summed E-state index contributed by atoms with van der Waals surface area (Å²) in [6.45, 7) is 6.83. The maximum Gasteiger partial charge on any atom is 0.237 e. The molecule has 0 aromatic rings. The van der Waals surface area contributed by atoms with E-state index in [1.54, 1.807) is 7.05 Å². The summed E-state index contributed by atoms with van der Waals surface area (Å²) >= 11 is 0. The zero-order chi connectivity index (χ0) is 15.1.